The van der Waals surface area contributed by atoms with Crippen LogP contribution >= 0.6 is 0 Å². The second-order valence-corrected chi connectivity index (χ2v) is 3.68. The number of phenolic OH excluding ortho intramolecular Hbond substituents is 1. The van der Waals surface area contributed by atoms with Crippen LogP contribution in [0.2, 0.25) is 0 Å². The van der Waals surface area contributed by atoms with Gasteiger partial charge in [0.2, 0.25) is 0 Å². The quantitative estimate of drug-likeness (QED) is 0.682. The molecule has 0 fully saturated rings. The number of nitrogens with one attached hydrogen (secondary N) is 1. The van der Waals surface area contributed by atoms with Crippen molar-refractivity contribution in [3.05, 3.63) is 42.0 Å². The molecule has 0 aliphatic heterocycles. The molecule has 2 rings (SSSR count). The van der Waals surface area contributed by atoms with Crippen molar-refractivity contribution in [1.82, 2.24) is 5.32 Å². The lowest BCUT2D eigenvalue weighted by Crippen LogP contribution is -2.17. The van der Waals surface area contributed by atoms with Crippen LogP contribution in [-0.2, 0) is 6.54 Å². The third-order valence-electron chi connectivity index (χ3n) is 2.61. The van der Waals surface area contributed by atoms with Crippen LogP contribution in [0.3, 0.4) is 0 Å². The standard InChI is InChI=1S/C13H15NO2/c15-8-7-14-9-12-11-4-2-1-3-10(11)5-6-13(12)16/h1-6,14-16H,7-9H2. The van der Waals surface area contributed by atoms with Crippen LogP contribution in [0.25, 0.3) is 10.8 Å². The van der Waals surface area contributed by atoms with Crippen molar-refractivity contribution in [2.24, 2.45) is 0 Å². The molecule has 0 radical (unpaired) electrons. The molecule has 0 saturated heterocycles. The number of aliphatic hydroxyl groups excluding tert-OH is 1. The molecule has 0 unspecified atom stereocenters. The lowest BCUT2D eigenvalue weighted by molar-refractivity contribution is 0.291. The smallest absolute Gasteiger partial charge is 0.120 e. The summed E-state index contributed by atoms with van der Waals surface area (Å²) in [6.45, 7) is 1.20. The fourth-order valence-corrected chi connectivity index (χ4v) is 1.80. The molecule has 2 aromatic carbocycles. The van der Waals surface area contributed by atoms with Crippen molar-refractivity contribution in [2.75, 3.05) is 13.2 Å². The van der Waals surface area contributed by atoms with Crippen molar-refractivity contribution >= 4 is 10.8 Å². The van der Waals surface area contributed by atoms with Gasteiger partial charge in [0.1, 0.15) is 5.75 Å². The number of benzene rings is 2. The molecule has 3 nitrogen and oxygen atoms in total. The van der Waals surface area contributed by atoms with E-state index in [2.05, 4.69) is 5.32 Å². The Morgan fingerprint density at radius 1 is 1.06 bits per heavy atom. The number of phenols is 1. The van der Waals surface area contributed by atoms with Crippen molar-refractivity contribution < 1.29 is 10.2 Å². The summed E-state index contributed by atoms with van der Waals surface area (Å²) >= 11 is 0. The van der Waals surface area contributed by atoms with Crippen LogP contribution in [0.1, 0.15) is 5.56 Å². The third kappa shape index (κ3) is 2.15. The van der Waals surface area contributed by atoms with E-state index in [1.54, 1.807) is 6.07 Å². The molecule has 16 heavy (non-hydrogen) atoms. The van der Waals surface area contributed by atoms with Crippen LogP contribution < -0.4 is 5.32 Å². The number of hydrogen-bond acceptors (Lipinski definition) is 3. The Morgan fingerprint density at radius 2 is 1.88 bits per heavy atom. The Labute approximate surface area is 94.3 Å². The van der Waals surface area contributed by atoms with E-state index >= 15 is 0 Å². The summed E-state index contributed by atoms with van der Waals surface area (Å²) in [5.41, 5.74) is 0.881. The molecule has 0 amide bonds. The van der Waals surface area contributed by atoms with Gasteiger partial charge in [-0.3, -0.25) is 0 Å². The zero-order chi connectivity index (χ0) is 11.4. The second kappa shape index (κ2) is 4.96. The van der Waals surface area contributed by atoms with E-state index < -0.39 is 0 Å². The monoisotopic (exact) mass is 217 g/mol. The average Bonchev–Trinajstić information content (AvgIpc) is 2.32. The highest BCUT2D eigenvalue weighted by Crippen LogP contribution is 2.26. The van der Waals surface area contributed by atoms with Gasteiger partial charge in [-0.1, -0.05) is 30.3 Å². The number of fused-ring (bicyclic) bond motifs is 1. The van der Waals surface area contributed by atoms with Crippen molar-refractivity contribution in [3.8, 4) is 5.75 Å². The first-order chi connectivity index (χ1) is 7.83. The van der Waals surface area contributed by atoms with Gasteiger partial charge in [0.25, 0.3) is 0 Å². The molecule has 0 spiro atoms. The van der Waals surface area contributed by atoms with E-state index in [-0.39, 0.29) is 6.61 Å². The summed E-state index contributed by atoms with van der Waals surface area (Å²) in [4.78, 5) is 0. The van der Waals surface area contributed by atoms with Gasteiger partial charge in [0.05, 0.1) is 6.61 Å². The van der Waals surface area contributed by atoms with Gasteiger partial charge in [-0.2, -0.15) is 0 Å². The van der Waals surface area contributed by atoms with Crippen LogP contribution in [0.15, 0.2) is 36.4 Å². The second-order valence-electron chi connectivity index (χ2n) is 3.68. The maximum Gasteiger partial charge on any atom is 0.120 e. The SMILES string of the molecule is OCCNCc1c(O)ccc2ccccc12. The molecular formula is C13H15NO2. The zero-order valence-electron chi connectivity index (χ0n) is 8.98. The predicted molar refractivity (Wildman–Crippen MR) is 64.4 cm³/mol. The normalized spacial score (nSPS) is 10.8. The summed E-state index contributed by atoms with van der Waals surface area (Å²) in [6.07, 6.45) is 0. The third-order valence-corrected chi connectivity index (χ3v) is 2.61. The molecule has 84 valence electrons. The number of aliphatic hydroxyl groups is 1. The minimum Gasteiger partial charge on any atom is -0.508 e. The van der Waals surface area contributed by atoms with Gasteiger partial charge in [0, 0.05) is 18.7 Å². The van der Waals surface area contributed by atoms with Crippen molar-refractivity contribution in [3.63, 3.8) is 0 Å². The van der Waals surface area contributed by atoms with Crippen LogP contribution in [0.4, 0.5) is 0 Å². The molecule has 0 aliphatic carbocycles. The van der Waals surface area contributed by atoms with Gasteiger partial charge in [0.15, 0.2) is 0 Å². The van der Waals surface area contributed by atoms with Gasteiger partial charge >= 0.3 is 0 Å². The van der Waals surface area contributed by atoms with E-state index in [4.69, 9.17) is 5.11 Å². The Balaban J connectivity index is 2.37. The first-order valence-electron chi connectivity index (χ1n) is 5.34. The first kappa shape index (κ1) is 10.9. The summed E-state index contributed by atoms with van der Waals surface area (Å²) in [5.74, 6) is 0.295. The summed E-state index contributed by atoms with van der Waals surface area (Å²) in [7, 11) is 0. The largest absolute Gasteiger partial charge is 0.508 e. The molecule has 0 atom stereocenters. The van der Waals surface area contributed by atoms with E-state index in [1.807, 2.05) is 30.3 Å². The van der Waals surface area contributed by atoms with Gasteiger partial charge in [-0.15, -0.1) is 0 Å². The maximum absolute atomic E-state index is 9.81. The van der Waals surface area contributed by atoms with E-state index in [0.717, 1.165) is 16.3 Å². The molecule has 0 saturated carbocycles. The molecule has 3 heteroatoms. The lowest BCUT2D eigenvalue weighted by atomic mass is 10.0. The Kier molecular flexibility index (Phi) is 3.39. The fraction of sp³-hybridized carbons (Fsp3) is 0.231. The van der Waals surface area contributed by atoms with Crippen LogP contribution in [0.5, 0.6) is 5.75 Å². The summed E-state index contributed by atoms with van der Waals surface area (Å²) in [5, 5.41) is 23.7. The van der Waals surface area contributed by atoms with Crippen LogP contribution in [0, 0.1) is 0 Å². The van der Waals surface area contributed by atoms with E-state index in [0.29, 0.717) is 18.8 Å². The minimum atomic E-state index is 0.103. The highest BCUT2D eigenvalue weighted by molar-refractivity contribution is 5.87. The Hall–Kier alpha value is -1.58. The van der Waals surface area contributed by atoms with E-state index in [1.165, 1.54) is 0 Å². The lowest BCUT2D eigenvalue weighted by Gasteiger charge is -2.09. The van der Waals surface area contributed by atoms with Gasteiger partial charge < -0.3 is 15.5 Å². The molecule has 0 bridgehead atoms. The van der Waals surface area contributed by atoms with Crippen molar-refractivity contribution in [2.45, 2.75) is 6.54 Å². The Bertz CT molecular complexity index is 482. The molecular weight excluding hydrogens is 202 g/mol. The highest BCUT2D eigenvalue weighted by Gasteiger charge is 2.05. The maximum atomic E-state index is 9.81. The molecule has 0 heterocycles. The first-order valence-corrected chi connectivity index (χ1v) is 5.34. The van der Waals surface area contributed by atoms with Crippen molar-refractivity contribution in [1.29, 1.82) is 0 Å². The average molecular weight is 217 g/mol. The number of hydrogen-bond donors (Lipinski definition) is 3. The number of aromatic hydroxyl groups is 1. The van der Waals surface area contributed by atoms with Crippen LogP contribution in [-0.4, -0.2) is 23.4 Å². The molecule has 3 N–H and O–H groups in total. The molecule has 0 aromatic heterocycles. The molecule has 2 aromatic rings. The zero-order valence-corrected chi connectivity index (χ0v) is 8.98. The highest BCUT2D eigenvalue weighted by atomic mass is 16.3. The summed E-state index contributed by atoms with van der Waals surface area (Å²) < 4.78 is 0. The molecule has 0 aliphatic rings. The van der Waals surface area contributed by atoms with Gasteiger partial charge in [-0.25, -0.2) is 0 Å². The topological polar surface area (TPSA) is 52.5 Å². The summed E-state index contributed by atoms with van der Waals surface area (Å²) in [6, 6.07) is 11.6. The van der Waals surface area contributed by atoms with Gasteiger partial charge in [-0.05, 0) is 16.8 Å². The number of rotatable bonds is 4. The predicted octanol–water partition coefficient (Wildman–Crippen LogP) is 1.63. The fourth-order valence-electron chi connectivity index (χ4n) is 1.80. The minimum absolute atomic E-state index is 0.103. The Morgan fingerprint density at radius 3 is 2.69 bits per heavy atom. The van der Waals surface area contributed by atoms with E-state index in [9.17, 15) is 5.11 Å².